The van der Waals surface area contributed by atoms with Gasteiger partial charge in [-0.3, -0.25) is 9.78 Å². The molecule has 1 atom stereocenters. The largest absolute Gasteiger partial charge is 0.390 e. The van der Waals surface area contributed by atoms with Crippen LogP contribution in [-0.4, -0.2) is 34.2 Å². The first kappa shape index (κ1) is 18.0. The van der Waals surface area contributed by atoms with Crippen molar-refractivity contribution in [2.24, 2.45) is 11.1 Å². The van der Waals surface area contributed by atoms with Gasteiger partial charge in [-0.05, 0) is 29.8 Å². The van der Waals surface area contributed by atoms with E-state index >= 15 is 0 Å². The van der Waals surface area contributed by atoms with Gasteiger partial charge in [0, 0.05) is 25.1 Å². The Bertz CT molecular complexity index is 775. The number of hydrogen-bond acceptors (Lipinski definition) is 4. The normalized spacial score (nSPS) is 16.3. The first-order chi connectivity index (χ1) is 12.5. The fourth-order valence-corrected chi connectivity index (χ4v) is 2.86. The lowest BCUT2D eigenvalue weighted by atomic mass is 10.1. The Hall–Kier alpha value is -2.76. The number of amides is 1. The van der Waals surface area contributed by atoms with Gasteiger partial charge in [-0.2, -0.15) is 0 Å². The SMILES string of the molecule is CC(C)C(=O)N(Cc1ccc(F)cc1)C[C@H]1CC(c2ccccn2)=NO1. The maximum atomic E-state index is 13.1. The van der Waals surface area contributed by atoms with Crippen molar-refractivity contribution in [1.29, 1.82) is 0 Å². The van der Waals surface area contributed by atoms with Crippen LogP contribution in [0.4, 0.5) is 4.39 Å². The third kappa shape index (κ3) is 4.45. The lowest BCUT2D eigenvalue weighted by Crippen LogP contribution is -2.39. The summed E-state index contributed by atoms with van der Waals surface area (Å²) in [6.07, 6.45) is 2.10. The minimum absolute atomic E-state index is 0.0317. The number of carbonyl (C=O) groups is 1. The first-order valence-corrected chi connectivity index (χ1v) is 8.70. The predicted octanol–water partition coefficient (Wildman–Crippen LogP) is 3.40. The monoisotopic (exact) mass is 355 g/mol. The fourth-order valence-electron chi connectivity index (χ4n) is 2.86. The molecule has 0 bridgehead atoms. The summed E-state index contributed by atoms with van der Waals surface area (Å²) < 4.78 is 13.1. The van der Waals surface area contributed by atoms with Crippen LogP contribution >= 0.6 is 0 Å². The summed E-state index contributed by atoms with van der Waals surface area (Å²) in [6, 6.07) is 11.8. The molecule has 2 heterocycles. The number of pyridine rings is 1. The Morgan fingerprint density at radius 1 is 1.27 bits per heavy atom. The zero-order valence-electron chi connectivity index (χ0n) is 14.9. The Morgan fingerprint density at radius 3 is 2.69 bits per heavy atom. The van der Waals surface area contributed by atoms with Crippen LogP contribution in [-0.2, 0) is 16.2 Å². The number of hydrogen-bond donors (Lipinski definition) is 0. The van der Waals surface area contributed by atoms with Crippen molar-refractivity contribution in [3.63, 3.8) is 0 Å². The van der Waals surface area contributed by atoms with E-state index in [9.17, 15) is 9.18 Å². The van der Waals surface area contributed by atoms with Gasteiger partial charge in [-0.15, -0.1) is 0 Å². The average molecular weight is 355 g/mol. The second-order valence-corrected chi connectivity index (χ2v) is 6.68. The number of nitrogens with zero attached hydrogens (tertiary/aromatic N) is 3. The van der Waals surface area contributed by atoms with Gasteiger partial charge < -0.3 is 9.74 Å². The van der Waals surface area contributed by atoms with E-state index in [1.165, 1.54) is 12.1 Å². The zero-order chi connectivity index (χ0) is 18.5. The molecule has 0 saturated carbocycles. The summed E-state index contributed by atoms with van der Waals surface area (Å²) in [7, 11) is 0. The molecule has 0 spiro atoms. The maximum absolute atomic E-state index is 13.1. The molecule has 2 aromatic rings. The Labute approximate surface area is 152 Å². The van der Waals surface area contributed by atoms with Gasteiger partial charge in [0.15, 0.2) is 6.10 Å². The fraction of sp³-hybridized carbons (Fsp3) is 0.350. The van der Waals surface area contributed by atoms with Crippen LogP contribution in [0, 0.1) is 11.7 Å². The number of oxime groups is 1. The molecule has 1 aliphatic rings. The molecule has 1 aromatic carbocycles. The van der Waals surface area contributed by atoms with Crippen LogP contribution in [0.25, 0.3) is 0 Å². The van der Waals surface area contributed by atoms with Crippen molar-refractivity contribution in [2.75, 3.05) is 6.54 Å². The molecule has 0 aliphatic carbocycles. The molecule has 1 aromatic heterocycles. The highest BCUT2D eigenvalue weighted by Crippen LogP contribution is 2.19. The lowest BCUT2D eigenvalue weighted by molar-refractivity contribution is -0.136. The molecule has 0 radical (unpaired) electrons. The minimum atomic E-state index is -0.289. The molecule has 0 N–H and O–H groups in total. The van der Waals surface area contributed by atoms with Gasteiger partial charge in [-0.1, -0.05) is 37.2 Å². The predicted molar refractivity (Wildman–Crippen MR) is 96.9 cm³/mol. The first-order valence-electron chi connectivity index (χ1n) is 8.70. The van der Waals surface area contributed by atoms with Gasteiger partial charge in [0.05, 0.1) is 12.2 Å². The molecule has 136 valence electrons. The molecule has 0 unspecified atom stereocenters. The van der Waals surface area contributed by atoms with Crippen molar-refractivity contribution in [3.8, 4) is 0 Å². The number of rotatable bonds is 6. The highest BCUT2D eigenvalue weighted by Gasteiger charge is 2.28. The zero-order valence-corrected chi connectivity index (χ0v) is 14.9. The number of halogens is 1. The van der Waals surface area contributed by atoms with E-state index in [-0.39, 0.29) is 23.7 Å². The molecule has 26 heavy (non-hydrogen) atoms. The number of carbonyl (C=O) groups excluding carboxylic acids is 1. The van der Waals surface area contributed by atoms with Crippen molar-refractivity contribution < 1.29 is 14.0 Å². The molecule has 1 amide bonds. The van der Waals surface area contributed by atoms with E-state index in [4.69, 9.17) is 4.84 Å². The van der Waals surface area contributed by atoms with Gasteiger partial charge in [0.25, 0.3) is 0 Å². The van der Waals surface area contributed by atoms with Crippen LogP contribution in [0.3, 0.4) is 0 Å². The molecule has 3 rings (SSSR count). The minimum Gasteiger partial charge on any atom is -0.390 e. The molecule has 5 nitrogen and oxygen atoms in total. The number of aromatic nitrogens is 1. The van der Waals surface area contributed by atoms with Crippen LogP contribution in [0.1, 0.15) is 31.5 Å². The van der Waals surface area contributed by atoms with Crippen LogP contribution < -0.4 is 0 Å². The highest BCUT2D eigenvalue weighted by molar-refractivity contribution is 5.99. The van der Waals surface area contributed by atoms with Crippen molar-refractivity contribution in [3.05, 3.63) is 65.7 Å². The quantitative estimate of drug-likeness (QED) is 0.798. The van der Waals surface area contributed by atoms with Gasteiger partial charge in [0.2, 0.25) is 5.91 Å². The van der Waals surface area contributed by atoms with Gasteiger partial charge in [-0.25, -0.2) is 4.39 Å². The summed E-state index contributed by atoms with van der Waals surface area (Å²) in [5, 5.41) is 4.13. The van der Waals surface area contributed by atoms with Gasteiger partial charge in [0.1, 0.15) is 11.5 Å². The van der Waals surface area contributed by atoms with E-state index in [1.54, 1.807) is 23.2 Å². The second-order valence-electron chi connectivity index (χ2n) is 6.68. The van der Waals surface area contributed by atoms with Crippen molar-refractivity contribution in [1.82, 2.24) is 9.88 Å². The molecule has 1 aliphatic heterocycles. The summed E-state index contributed by atoms with van der Waals surface area (Å²) in [5.41, 5.74) is 2.45. The molecular formula is C20H22FN3O2. The molecular weight excluding hydrogens is 333 g/mol. The summed E-state index contributed by atoms with van der Waals surface area (Å²) in [6.45, 7) is 4.57. The Kier molecular flexibility index (Phi) is 5.61. The number of benzene rings is 1. The lowest BCUT2D eigenvalue weighted by Gasteiger charge is -2.26. The third-order valence-electron chi connectivity index (χ3n) is 4.21. The van der Waals surface area contributed by atoms with E-state index in [0.29, 0.717) is 19.5 Å². The standard InChI is InChI=1S/C20H22FN3O2/c1-14(2)20(25)24(12-15-6-8-16(21)9-7-15)13-17-11-19(23-26-17)18-5-3-4-10-22-18/h3-10,14,17H,11-13H2,1-2H3/t17-/m1/s1. The summed E-state index contributed by atoms with van der Waals surface area (Å²) in [5.74, 6) is -0.389. The average Bonchev–Trinajstić information content (AvgIpc) is 3.11. The Balaban J connectivity index is 1.67. The molecule has 0 saturated heterocycles. The van der Waals surface area contributed by atoms with E-state index < -0.39 is 0 Å². The highest BCUT2D eigenvalue weighted by atomic mass is 19.1. The van der Waals surface area contributed by atoms with Crippen molar-refractivity contribution in [2.45, 2.75) is 32.9 Å². The van der Waals surface area contributed by atoms with E-state index in [0.717, 1.165) is 17.0 Å². The second kappa shape index (κ2) is 8.08. The van der Waals surface area contributed by atoms with Crippen molar-refractivity contribution >= 4 is 11.6 Å². The maximum Gasteiger partial charge on any atom is 0.225 e. The van der Waals surface area contributed by atoms with Gasteiger partial charge >= 0.3 is 0 Å². The topological polar surface area (TPSA) is 54.8 Å². The Morgan fingerprint density at radius 2 is 2.04 bits per heavy atom. The van der Waals surface area contributed by atoms with Crippen LogP contribution in [0.5, 0.6) is 0 Å². The van der Waals surface area contributed by atoms with Crippen LogP contribution in [0.15, 0.2) is 53.8 Å². The molecule has 6 heteroatoms. The van der Waals surface area contributed by atoms with E-state index in [2.05, 4.69) is 10.1 Å². The molecule has 0 fully saturated rings. The summed E-state index contributed by atoms with van der Waals surface area (Å²) >= 11 is 0. The van der Waals surface area contributed by atoms with E-state index in [1.807, 2.05) is 32.0 Å². The third-order valence-corrected chi connectivity index (χ3v) is 4.21. The summed E-state index contributed by atoms with van der Waals surface area (Å²) in [4.78, 5) is 24.2. The smallest absolute Gasteiger partial charge is 0.225 e. The van der Waals surface area contributed by atoms with Crippen LogP contribution in [0.2, 0.25) is 0 Å².